The minimum absolute atomic E-state index is 0.0103. The third-order valence-electron chi connectivity index (χ3n) is 19.0. The van der Waals surface area contributed by atoms with Gasteiger partial charge in [0.1, 0.15) is 58.7 Å². The number of phenolic OH excluding ortho intramolecular Hbond substituents is 2. The molecular formula is C78H109N5O16. The van der Waals surface area contributed by atoms with Gasteiger partial charge in [0.2, 0.25) is 23.6 Å². The molecule has 2 aliphatic rings. The average molecular weight is 1370 g/mol. The van der Waals surface area contributed by atoms with Crippen LogP contribution in [-0.2, 0) is 65.5 Å². The Hall–Kier alpha value is -8.46. The maximum Gasteiger partial charge on any atom is 0.328 e. The van der Waals surface area contributed by atoms with E-state index in [0.29, 0.717) is 84.4 Å². The summed E-state index contributed by atoms with van der Waals surface area (Å²) in [6, 6.07) is 15.1. The van der Waals surface area contributed by atoms with E-state index >= 15 is 0 Å². The number of carbonyl (C=O) groups is 10. The van der Waals surface area contributed by atoms with Crippen LogP contribution < -0.4 is 25.8 Å². The van der Waals surface area contributed by atoms with Gasteiger partial charge >= 0.3 is 11.9 Å². The van der Waals surface area contributed by atoms with Gasteiger partial charge in [-0.3, -0.25) is 38.4 Å². The number of rotatable bonds is 32. The Labute approximate surface area is 585 Å². The SMILES string of the molecule is CCCCCCCC(=O)C[C@@H](CCCCC)C(=O)N(C)[C@@H]1C(=O)C[C@@H](C)C(=O)N[C@H](C(=O)OC)Cc2ccc(OC)c(c2)-c2cc1ccc2OC.CCCCCCCC(=O)C[C@@H](CCCCN)C(=O)N(C)[C@@H]1C(=O)C[C@@H](C)C(=O)N[C@H](C(=O)O)Cc2ccc(O)c(c2)-c2cc1ccc2O. The fourth-order valence-corrected chi connectivity index (χ4v) is 13.2. The second-order valence-electron chi connectivity index (χ2n) is 26.8. The van der Waals surface area contributed by atoms with Gasteiger partial charge in [-0.05, 0) is 109 Å². The van der Waals surface area contributed by atoms with E-state index in [4.69, 9.17) is 19.9 Å². The van der Waals surface area contributed by atoms with Crippen molar-refractivity contribution in [2.75, 3.05) is 42.0 Å². The highest BCUT2D eigenvalue weighted by molar-refractivity contribution is 5.98. The summed E-state index contributed by atoms with van der Waals surface area (Å²) in [7, 11) is 7.47. The molecule has 8 bridgehead atoms. The number of benzene rings is 4. The number of unbranched alkanes of at least 4 members (excludes halogenated alkanes) is 11. The Balaban J connectivity index is 0.000000358. The summed E-state index contributed by atoms with van der Waals surface area (Å²) in [6.45, 7) is 9.96. The standard InChI is InChI=1S/C41H58N2O8.C37H51N3O8/c1-8-10-12-13-15-17-31(44)25-30(16-14-11-9-2)40(47)43(4)38-29-19-21-37(50-6)33(26-29)32-23-28(18-20-36(32)49-5)24-34(41(48)51-7)42-39(46)27(3)22-35(38)45;1-4-5-6-7-8-12-27(41)21-26(11-9-10-17-38)36(46)40(3)34-25-14-16-32(43)29(22-25)28-19-24(13-15-31(28)42)20-30(37(47)48)39-35(45)23(2)18-33(34)44/h18-21,23,26-27,30,34,38H,8-17,22,24-25H2,1-7H3,(H,42,46);13-16,19,22-23,26,30,34,42-43H,4-12,17-18,20-21,38H2,1-3H3,(H,39,45)(H,47,48)/t27-,30-,34+,38+;23-,26-,30+,34+/m11/s1. The molecule has 0 fully saturated rings. The smallest absolute Gasteiger partial charge is 0.328 e. The highest BCUT2D eigenvalue weighted by Crippen LogP contribution is 2.42. The Morgan fingerprint density at radius 1 is 0.515 bits per heavy atom. The van der Waals surface area contributed by atoms with Crippen molar-refractivity contribution >= 4 is 58.7 Å². The van der Waals surface area contributed by atoms with E-state index < -0.39 is 83.3 Å². The van der Waals surface area contributed by atoms with Gasteiger partial charge in [0, 0.05) is 111 Å². The van der Waals surface area contributed by atoms with E-state index in [0.717, 1.165) is 89.0 Å². The Morgan fingerprint density at radius 3 is 1.38 bits per heavy atom. The predicted molar refractivity (Wildman–Crippen MR) is 380 cm³/mol. The number of Topliss-reactive ketones (excluding diaryl/α,β-unsaturated/α-hetero) is 4. The highest BCUT2D eigenvalue weighted by Gasteiger charge is 2.39. The van der Waals surface area contributed by atoms with Crippen molar-refractivity contribution in [3.05, 3.63) is 95.1 Å². The van der Waals surface area contributed by atoms with Gasteiger partial charge in [-0.1, -0.05) is 136 Å². The third kappa shape index (κ3) is 23.9. The number of esters is 1. The molecule has 7 N–H and O–H groups in total. The molecular weight excluding hydrogens is 1260 g/mol. The van der Waals surface area contributed by atoms with E-state index in [1.807, 2.05) is 18.2 Å². The summed E-state index contributed by atoms with van der Waals surface area (Å²) in [6.07, 6.45) is 15.6. The van der Waals surface area contributed by atoms with Crippen LogP contribution in [0.3, 0.4) is 0 Å². The van der Waals surface area contributed by atoms with Gasteiger partial charge < -0.3 is 55.7 Å². The lowest BCUT2D eigenvalue weighted by Gasteiger charge is -2.32. The lowest BCUT2D eigenvalue weighted by atomic mass is 9.88. The van der Waals surface area contributed by atoms with Crippen molar-refractivity contribution in [1.29, 1.82) is 0 Å². The molecule has 99 heavy (non-hydrogen) atoms. The molecule has 4 aromatic carbocycles. The van der Waals surface area contributed by atoms with Gasteiger partial charge in [-0.2, -0.15) is 0 Å². The number of carboxylic acid groups (broad SMARTS) is 1. The van der Waals surface area contributed by atoms with Gasteiger partial charge in [-0.15, -0.1) is 0 Å². The van der Waals surface area contributed by atoms with Crippen molar-refractivity contribution < 1.29 is 77.5 Å². The molecule has 4 aromatic rings. The predicted octanol–water partition coefficient (Wildman–Crippen LogP) is 12.2. The molecule has 0 saturated heterocycles. The minimum Gasteiger partial charge on any atom is -0.507 e. The minimum atomic E-state index is -1.31. The van der Waals surface area contributed by atoms with Crippen LogP contribution in [0.4, 0.5) is 0 Å². The number of carbonyl (C=O) groups excluding carboxylic acids is 9. The fourth-order valence-electron chi connectivity index (χ4n) is 13.2. The number of fused-ring (bicyclic) bond motifs is 10. The molecule has 542 valence electrons. The number of methoxy groups -OCH3 is 3. The number of ether oxygens (including phenoxy) is 3. The number of likely N-dealkylation sites (N-methyl/N-ethyl adjacent to an activating group) is 2. The molecule has 0 aromatic heterocycles. The summed E-state index contributed by atoms with van der Waals surface area (Å²) >= 11 is 0. The summed E-state index contributed by atoms with van der Waals surface area (Å²) in [5.74, 6) is -6.73. The molecule has 2 heterocycles. The van der Waals surface area contributed by atoms with E-state index in [-0.39, 0.29) is 84.4 Å². The van der Waals surface area contributed by atoms with Crippen molar-refractivity contribution in [1.82, 2.24) is 20.4 Å². The number of phenols is 2. The van der Waals surface area contributed by atoms with Crippen LogP contribution in [0.5, 0.6) is 23.0 Å². The third-order valence-corrected chi connectivity index (χ3v) is 19.0. The topological polar surface area (TPSA) is 316 Å². The zero-order chi connectivity index (χ0) is 72.9. The highest BCUT2D eigenvalue weighted by atomic mass is 16.5. The first-order chi connectivity index (χ1) is 47.4. The van der Waals surface area contributed by atoms with Crippen molar-refractivity contribution in [3.63, 3.8) is 0 Å². The maximum atomic E-state index is 14.4. The summed E-state index contributed by atoms with van der Waals surface area (Å²) in [5, 5.41) is 36.8. The van der Waals surface area contributed by atoms with Gasteiger partial charge in [-0.25, -0.2) is 9.59 Å². The number of nitrogens with one attached hydrogen (secondary N) is 2. The number of hydrogen-bond acceptors (Lipinski definition) is 16. The van der Waals surface area contributed by atoms with Crippen LogP contribution in [0.2, 0.25) is 0 Å². The molecule has 0 unspecified atom stereocenters. The number of nitrogens with two attached hydrogens (primary N) is 1. The molecule has 4 amide bonds. The molecule has 0 saturated carbocycles. The van der Waals surface area contributed by atoms with Crippen LogP contribution in [0, 0.1) is 23.7 Å². The molecule has 6 rings (SSSR count). The van der Waals surface area contributed by atoms with Gasteiger partial charge in [0.15, 0.2) is 11.6 Å². The molecule has 21 nitrogen and oxygen atoms in total. The first kappa shape index (κ1) is 81.2. The Bertz CT molecular complexity index is 3400. The van der Waals surface area contributed by atoms with E-state index in [1.165, 1.54) is 67.3 Å². The second-order valence-corrected chi connectivity index (χ2v) is 26.8. The first-order valence-electron chi connectivity index (χ1n) is 35.6. The zero-order valence-electron chi connectivity index (χ0n) is 60.1. The van der Waals surface area contributed by atoms with Crippen molar-refractivity contribution in [3.8, 4) is 45.3 Å². The van der Waals surface area contributed by atoms with Crippen LogP contribution in [0.15, 0.2) is 72.8 Å². The average Bonchev–Trinajstić information content (AvgIpc) is 0.788. The summed E-state index contributed by atoms with van der Waals surface area (Å²) < 4.78 is 16.5. The van der Waals surface area contributed by atoms with Crippen LogP contribution in [0.25, 0.3) is 22.3 Å². The summed E-state index contributed by atoms with van der Waals surface area (Å²) in [5.41, 5.74) is 9.50. The molecule has 21 heteroatoms. The lowest BCUT2D eigenvalue weighted by Crippen LogP contribution is -2.46. The van der Waals surface area contributed by atoms with E-state index in [9.17, 15) is 63.3 Å². The van der Waals surface area contributed by atoms with E-state index in [2.05, 4.69) is 31.4 Å². The molecule has 0 radical (unpaired) electrons. The Kier molecular flexibility index (Phi) is 33.8. The van der Waals surface area contributed by atoms with Crippen LogP contribution >= 0.6 is 0 Å². The molecule has 0 aliphatic carbocycles. The van der Waals surface area contributed by atoms with E-state index in [1.54, 1.807) is 46.4 Å². The second kappa shape index (κ2) is 41.2. The van der Waals surface area contributed by atoms with Gasteiger partial charge in [0.25, 0.3) is 0 Å². The molecule has 8 atom stereocenters. The van der Waals surface area contributed by atoms with Gasteiger partial charge in [0.05, 0.1) is 21.3 Å². The monoisotopic (exact) mass is 1370 g/mol. The number of aliphatic carboxylic acids is 1. The number of ketones is 4. The number of amides is 4. The largest absolute Gasteiger partial charge is 0.507 e. The fraction of sp³-hybridized carbons (Fsp3) is 0.564. The summed E-state index contributed by atoms with van der Waals surface area (Å²) in [4.78, 5) is 138. The Morgan fingerprint density at radius 2 is 0.909 bits per heavy atom. The zero-order valence-corrected chi connectivity index (χ0v) is 60.1. The number of carboxylic acids is 1. The maximum absolute atomic E-state index is 14.4. The molecule has 0 spiro atoms. The van der Waals surface area contributed by atoms with Crippen molar-refractivity contribution in [2.24, 2.45) is 29.4 Å². The van der Waals surface area contributed by atoms with Crippen molar-refractivity contribution in [2.45, 2.75) is 219 Å². The quantitative estimate of drug-likeness (QED) is 0.0195. The lowest BCUT2D eigenvalue weighted by molar-refractivity contribution is -0.146. The number of hydrogen-bond donors (Lipinski definition) is 6. The van der Waals surface area contributed by atoms with Crippen LogP contribution in [-0.4, -0.2) is 138 Å². The van der Waals surface area contributed by atoms with Crippen LogP contribution in [0.1, 0.15) is 217 Å². The normalized spacial score (nSPS) is 18.5. The number of nitrogens with zero attached hydrogens (tertiary/aromatic N) is 2. The molecule has 2 aliphatic heterocycles. The number of aromatic hydroxyl groups is 2. The first-order valence-corrected chi connectivity index (χ1v) is 35.6.